The molecule has 1 saturated carbocycles. The molecule has 0 heterocycles. The number of hydrogen-bond donors (Lipinski definition) is 0. The van der Waals surface area contributed by atoms with Crippen LogP contribution in [0.2, 0.25) is 3.43 Å². The van der Waals surface area contributed by atoms with Crippen LogP contribution in [0.3, 0.4) is 0 Å². The summed E-state index contributed by atoms with van der Waals surface area (Å²) in [5.74, 6) is 0.0450. The Morgan fingerprint density at radius 2 is 2.30 bits per heavy atom. The van der Waals surface area contributed by atoms with Gasteiger partial charge in [-0.1, -0.05) is 0 Å². The zero-order valence-electron chi connectivity index (χ0n) is 6.22. The third-order valence-electron chi connectivity index (χ3n) is 1.93. The summed E-state index contributed by atoms with van der Waals surface area (Å²) in [7, 11) is 0. The molecular weight excluding hydrogens is 235 g/mol. The van der Waals surface area contributed by atoms with Gasteiger partial charge in [-0.2, -0.15) is 0 Å². The van der Waals surface area contributed by atoms with E-state index in [4.69, 9.17) is 4.74 Å². The molecule has 0 amide bonds. The van der Waals surface area contributed by atoms with Crippen molar-refractivity contribution in [3.63, 3.8) is 0 Å². The SMILES string of the molecule is CCOC(=O)[C]1([SnH])CCC1. The fourth-order valence-electron chi connectivity index (χ4n) is 1.04. The molecule has 0 aromatic heterocycles. The second-order valence-electron chi connectivity index (χ2n) is 2.73. The van der Waals surface area contributed by atoms with Crippen molar-refractivity contribution < 1.29 is 9.53 Å². The quantitative estimate of drug-likeness (QED) is 0.532. The van der Waals surface area contributed by atoms with Crippen LogP contribution in [0.5, 0.6) is 0 Å². The summed E-state index contributed by atoms with van der Waals surface area (Å²) in [5, 5.41) is 0. The summed E-state index contributed by atoms with van der Waals surface area (Å²) >= 11 is 1.02. The maximum atomic E-state index is 11.2. The first-order valence-corrected chi connectivity index (χ1v) is 5.30. The number of carbonyl (C=O) groups excluding carboxylic acids is 1. The number of carbonyl (C=O) groups is 1. The Hall–Kier alpha value is 0.269. The van der Waals surface area contributed by atoms with Gasteiger partial charge in [-0.3, -0.25) is 0 Å². The molecule has 1 rings (SSSR count). The predicted molar refractivity (Wildman–Crippen MR) is 40.3 cm³/mol. The van der Waals surface area contributed by atoms with Gasteiger partial charge in [0.25, 0.3) is 0 Å². The summed E-state index contributed by atoms with van der Waals surface area (Å²) in [6, 6.07) is 0. The van der Waals surface area contributed by atoms with Crippen LogP contribution in [0.15, 0.2) is 0 Å². The summed E-state index contributed by atoms with van der Waals surface area (Å²) in [6.07, 6.45) is 3.34. The van der Waals surface area contributed by atoms with Crippen molar-refractivity contribution in [2.45, 2.75) is 29.6 Å². The number of esters is 1. The summed E-state index contributed by atoms with van der Waals surface area (Å²) < 4.78 is 4.94. The molecule has 0 N–H and O–H groups in total. The average Bonchev–Trinajstić information content (AvgIpc) is 1.83. The average molecular weight is 247 g/mol. The van der Waals surface area contributed by atoms with Crippen molar-refractivity contribution >= 4 is 28.5 Å². The van der Waals surface area contributed by atoms with Crippen LogP contribution in [-0.2, 0) is 9.53 Å². The van der Waals surface area contributed by atoms with Crippen LogP contribution in [0.4, 0.5) is 0 Å². The van der Waals surface area contributed by atoms with E-state index in [1.165, 1.54) is 6.42 Å². The van der Waals surface area contributed by atoms with E-state index in [1.54, 1.807) is 0 Å². The van der Waals surface area contributed by atoms with Crippen molar-refractivity contribution in [2.24, 2.45) is 0 Å². The second kappa shape index (κ2) is 3.11. The van der Waals surface area contributed by atoms with Crippen LogP contribution < -0.4 is 0 Å². The van der Waals surface area contributed by atoms with Gasteiger partial charge in [0.15, 0.2) is 0 Å². The predicted octanol–water partition coefficient (Wildman–Crippen LogP) is 0.793. The van der Waals surface area contributed by atoms with Gasteiger partial charge < -0.3 is 0 Å². The van der Waals surface area contributed by atoms with Gasteiger partial charge in [-0.05, 0) is 0 Å². The molecule has 10 heavy (non-hydrogen) atoms. The number of rotatable bonds is 2. The van der Waals surface area contributed by atoms with Crippen molar-refractivity contribution in [2.75, 3.05) is 6.61 Å². The molecule has 56 valence electrons. The molecule has 2 radical (unpaired) electrons. The Morgan fingerprint density at radius 1 is 1.70 bits per heavy atom. The second-order valence-corrected chi connectivity index (χ2v) is 5.88. The standard InChI is InChI=1S/C7H11O2.Sn.H/c1-2-9-7(8)6-4-3-5-6;;/h2-5H2,1H3;;. The van der Waals surface area contributed by atoms with Crippen LogP contribution in [0.1, 0.15) is 26.2 Å². The topological polar surface area (TPSA) is 26.3 Å². The van der Waals surface area contributed by atoms with Crippen LogP contribution in [-0.4, -0.2) is 35.1 Å². The molecule has 0 spiro atoms. The number of ether oxygens (including phenoxy) is 1. The molecular formula is C7H12O2Sn. The molecule has 1 fully saturated rings. The minimum absolute atomic E-state index is 0.00104. The Morgan fingerprint density at radius 3 is 2.60 bits per heavy atom. The molecule has 0 aromatic rings. The van der Waals surface area contributed by atoms with E-state index < -0.39 is 0 Å². The normalized spacial score (nSPS) is 21.4. The summed E-state index contributed by atoms with van der Waals surface area (Å²) in [5.41, 5.74) is 0. The number of hydrogen-bond acceptors (Lipinski definition) is 2. The third kappa shape index (κ3) is 1.46. The van der Waals surface area contributed by atoms with E-state index >= 15 is 0 Å². The van der Waals surface area contributed by atoms with Gasteiger partial charge in [0.1, 0.15) is 0 Å². The van der Waals surface area contributed by atoms with Crippen molar-refractivity contribution in [3.8, 4) is 0 Å². The molecule has 0 aliphatic heterocycles. The fraction of sp³-hybridized carbons (Fsp3) is 0.857. The summed E-state index contributed by atoms with van der Waals surface area (Å²) in [6.45, 7) is 2.39. The third-order valence-corrected chi connectivity index (χ3v) is 4.25. The van der Waals surface area contributed by atoms with Crippen LogP contribution in [0.25, 0.3) is 0 Å². The zero-order chi connectivity index (χ0) is 7.61. The zero-order valence-corrected chi connectivity index (χ0v) is 9.52. The Labute approximate surface area is 74.4 Å². The minimum atomic E-state index is 0.00104. The van der Waals surface area contributed by atoms with Gasteiger partial charge in [0.2, 0.25) is 0 Å². The monoisotopic (exact) mass is 248 g/mol. The first-order chi connectivity index (χ1) is 4.69. The molecule has 0 bridgehead atoms. The first kappa shape index (κ1) is 8.37. The van der Waals surface area contributed by atoms with Gasteiger partial charge >= 0.3 is 74.2 Å². The van der Waals surface area contributed by atoms with Gasteiger partial charge in [-0.15, -0.1) is 0 Å². The van der Waals surface area contributed by atoms with Gasteiger partial charge in [0.05, 0.1) is 0 Å². The van der Waals surface area contributed by atoms with E-state index in [9.17, 15) is 4.79 Å². The Balaban J connectivity index is 2.39. The first-order valence-electron chi connectivity index (χ1n) is 3.65. The molecule has 1 aliphatic rings. The molecule has 0 saturated heterocycles. The van der Waals surface area contributed by atoms with Crippen molar-refractivity contribution in [1.82, 2.24) is 0 Å². The maximum absolute atomic E-state index is 11.2. The molecule has 3 heteroatoms. The van der Waals surface area contributed by atoms with E-state index in [1.807, 2.05) is 6.92 Å². The molecule has 1 aliphatic carbocycles. The molecule has 2 nitrogen and oxygen atoms in total. The van der Waals surface area contributed by atoms with Gasteiger partial charge in [-0.25, -0.2) is 0 Å². The van der Waals surface area contributed by atoms with Crippen molar-refractivity contribution in [1.29, 1.82) is 0 Å². The Kier molecular flexibility index (Phi) is 2.60. The van der Waals surface area contributed by atoms with Gasteiger partial charge in [0, 0.05) is 0 Å². The molecule has 0 atom stereocenters. The van der Waals surface area contributed by atoms with Crippen LogP contribution in [0, 0.1) is 0 Å². The fourth-order valence-corrected chi connectivity index (χ4v) is 2.44. The van der Waals surface area contributed by atoms with E-state index in [0.29, 0.717) is 6.61 Å². The summed E-state index contributed by atoms with van der Waals surface area (Å²) in [4.78, 5) is 11.2. The van der Waals surface area contributed by atoms with Crippen LogP contribution >= 0.6 is 0 Å². The molecule has 0 unspecified atom stereocenters. The van der Waals surface area contributed by atoms with E-state index in [2.05, 4.69) is 0 Å². The van der Waals surface area contributed by atoms with E-state index in [-0.39, 0.29) is 9.40 Å². The van der Waals surface area contributed by atoms with Crippen molar-refractivity contribution in [3.05, 3.63) is 0 Å². The molecule has 0 aromatic carbocycles. The van der Waals surface area contributed by atoms with E-state index in [0.717, 1.165) is 35.4 Å². The Bertz CT molecular complexity index is 141.